The molecule has 0 amide bonds. The van der Waals surface area contributed by atoms with Gasteiger partial charge in [0.25, 0.3) is 0 Å². The molecule has 1 atom stereocenters. The number of phosphoric ester groups is 1. The van der Waals surface area contributed by atoms with Crippen molar-refractivity contribution in [2.45, 2.75) is 110 Å². The van der Waals surface area contributed by atoms with Crippen molar-refractivity contribution in [3.63, 3.8) is 0 Å². The van der Waals surface area contributed by atoms with Crippen LogP contribution in [-0.2, 0) is 9.09 Å². The standard InChI is InChI=1S/C25H45O5P.K/c1-3-5-6-7-8-9-10-11-12-13-14-15-16-17-23-29-31(26,27)30-25-20-18-24(19-21-25)28-22-4-2;/h18-21H,3-17,22-23H2,1-2H3,(H,26,27);/q;+1/p-1. The molecular formula is C25H44KO5P. The smallest absolute Gasteiger partial charge is 0.746 e. The van der Waals surface area contributed by atoms with Crippen molar-refractivity contribution in [1.82, 2.24) is 0 Å². The van der Waals surface area contributed by atoms with Gasteiger partial charge in [-0.1, -0.05) is 97.3 Å². The minimum absolute atomic E-state index is 0. The number of phosphoric acid groups is 1. The first-order valence-corrected chi connectivity index (χ1v) is 13.9. The van der Waals surface area contributed by atoms with Crippen LogP contribution in [0.15, 0.2) is 24.3 Å². The first kappa shape index (κ1) is 32.6. The second kappa shape index (κ2) is 22.1. The molecule has 0 heterocycles. The molecule has 0 spiro atoms. The van der Waals surface area contributed by atoms with Crippen LogP contribution in [0, 0.1) is 0 Å². The van der Waals surface area contributed by atoms with Crippen molar-refractivity contribution in [3.8, 4) is 11.5 Å². The Balaban J connectivity index is 0.00000961. The van der Waals surface area contributed by atoms with Crippen LogP contribution in [0.2, 0.25) is 0 Å². The molecule has 5 nitrogen and oxygen atoms in total. The Morgan fingerprint density at radius 2 is 1.09 bits per heavy atom. The van der Waals surface area contributed by atoms with Gasteiger partial charge >= 0.3 is 59.2 Å². The number of ether oxygens (including phenoxy) is 1. The van der Waals surface area contributed by atoms with Crippen molar-refractivity contribution in [1.29, 1.82) is 0 Å². The van der Waals surface area contributed by atoms with Crippen LogP contribution < -0.4 is 65.5 Å². The fourth-order valence-electron chi connectivity index (χ4n) is 3.45. The summed E-state index contributed by atoms with van der Waals surface area (Å²) in [6.07, 6.45) is 18.6. The second-order valence-corrected chi connectivity index (χ2v) is 9.62. The zero-order valence-electron chi connectivity index (χ0n) is 20.8. The van der Waals surface area contributed by atoms with Crippen LogP contribution in [-0.4, -0.2) is 13.2 Å². The van der Waals surface area contributed by atoms with E-state index in [9.17, 15) is 9.46 Å². The summed E-state index contributed by atoms with van der Waals surface area (Å²) in [6.45, 7) is 5.09. The van der Waals surface area contributed by atoms with Gasteiger partial charge in [-0.05, 0) is 37.1 Å². The van der Waals surface area contributed by atoms with Gasteiger partial charge in [-0.3, -0.25) is 4.57 Å². The van der Waals surface area contributed by atoms with E-state index in [2.05, 4.69) is 6.92 Å². The Morgan fingerprint density at radius 3 is 1.56 bits per heavy atom. The predicted octanol–water partition coefficient (Wildman–Crippen LogP) is 4.82. The molecular weight excluding hydrogens is 450 g/mol. The Bertz CT molecular complexity index is 582. The number of hydrogen-bond donors (Lipinski definition) is 0. The number of rotatable bonds is 21. The molecule has 1 aromatic carbocycles. The summed E-state index contributed by atoms with van der Waals surface area (Å²) in [5.74, 6) is 0.932. The van der Waals surface area contributed by atoms with Gasteiger partial charge in [0.2, 0.25) is 0 Å². The van der Waals surface area contributed by atoms with Crippen molar-refractivity contribution in [2.24, 2.45) is 0 Å². The van der Waals surface area contributed by atoms with Crippen LogP contribution >= 0.6 is 7.82 Å². The molecule has 32 heavy (non-hydrogen) atoms. The molecule has 0 aliphatic carbocycles. The Morgan fingerprint density at radius 1 is 0.656 bits per heavy atom. The quantitative estimate of drug-likeness (QED) is 0.139. The summed E-state index contributed by atoms with van der Waals surface area (Å²) in [4.78, 5) is 11.9. The van der Waals surface area contributed by atoms with E-state index < -0.39 is 7.82 Å². The predicted molar refractivity (Wildman–Crippen MR) is 127 cm³/mol. The fourth-order valence-corrected chi connectivity index (χ4v) is 4.23. The number of unbranched alkanes of at least 4 members (excludes halogenated alkanes) is 13. The molecule has 1 rings (SSSR count). The molecule has 0 saturated carbocycles. The van der Waals surface area contributed by atoms with Crippen molar-refractivity contribution < 1.29 is 74.6 Å². The van der Waals surface area contributed by atoms with Gasteiger partial charge in [0.1, 0.15) is 11.5 Å². The van der Waals surface area contributed by atoms with Crippen LogP contribution in [0.3, 0.4) is 0 Å². The van der Waals surface area contributed by atoms with E-state index in [0.717, 1.165) is 25.7 Å². The van der Waals surface area contributed by atoms with Crippen molar-refractivity contribution in [2.75, 3.05) is 13.2 Å². The molecule has 0 radical (unpaired) electrons. The minimum atomic E-state index is -4.33. The third-order valence-electron chi connectivity index (χ3n) is 5.26. The van der Waals surface area contributed by atoms with Gasteiger partial charge in [-0.25, -0.2) is 0 Å². The maximum Gasteiger partial charge on any atom is 1.00 e. The van der Waals surface area contributed by atoms with Crippen LogP contribution in [0.5, 0.6) is 11.5 Å². The average molecular weight is 495 g/mol. The maximum absolute atomic E-state index is 11.9. The summed E-state index contributed by atoms with van der Waals surface area (Å²) in [6, 6.07) is 6.54. The van der Waals surface area contributed by atoms with E-state index in [-0.39, 0.29) is 63.7 Å². The van der Waals surface area contributed by atoms with Crippen LogP contribution in [0.1, 0.15) is 110 Å². The van der Waals surface area contributed by atoms with E-state index in [1.54, 1.807) is 24.3 Å². The van der Waals surface area contributed by atoms with Crippen molar-refractivity contribution >= 4 is 7.82 Å². The van der Waals surface area contributed by atoms with Crippen molar-refractivity contribution in [3.05, 3.63) is 24.3 Å². The van der Waals surface area contributed by atoms with E-state index in [4.69, 9.17) is 13.8 Å². The summed E-state index contributed by atoms with van der Waals surface area (Å²) < 4.78 is 27.4. The third-order valence-corrected chi connectivity index (χ3v) is 6.19. The van der Waals surface area contributed by atoms with E-state index in [1.165, 1.54) is 70.6 Å². The molecule has 180 valence electrons. The largest absolute Gasteiger partial charge is 1.00 e. The Hall–Kier alpha value is 0.606. The molecule has 0 N–H and O–H groups in total. The molecule has 1 unspecified atom stereocenters. The fraction of sp³-hybridized carbons (Fsp3) is 0.760. The molecule has 0 fully saturated rings. The van der Waals surface area contributed by atoms with Crippen LogP contribution in [0.4, 0.5) is 0 Å². The van der Waals surface area contributed by atoms with Gasteiger partial charge in [-0.15, -0.1) is 0 Å². The number of benzene rings is 1. The maximum atomic E-state index is 11.9. The SMILES string of the molecule is CCCCCCCCCCCCCCCCOP(=O)([O-])Oc1ccc(OCCC)cc1.[K+]. The molecule has 0 saturated heterocycles. The minimum Gasteiger partial charge on any atom is -0.746 e. The topological polar surface area (TPSA) is 67.8 Å². The molecule has 0 aliphatic rings. The summed E-state index contributed by atoms with van der Waals surface area (Å²) in [7, 11) is -4.33. The van der Waals surface area contributed by atoms with E-state index in [0.29, 0.717) is 12.4 Å². The molecule has 0 aromatic heterocycles. The Kier molecular flexibility index (Phi) is 22.5. The zero-order valence-corrected chi connectivity index (χ0v) is 24.8. The second-order valence-electron chi connectivity index (χ2n) is 8.29. The average Bonchev–Trinajstić information content (AvgIpc) is 2.75. The number of hydrogen-bond acceptors (Lipinski definition) is 5. The van der Waals surface area contributed by atoms with Gasteiger partial charge in [0, 0.05) is 0 Å². The summed E-state index contributed by atoms with van der Waals surface area (Å²) >= 11 is 0. The molecule has 0 aliphatic heterocycles. The molecule has 7 heteroatoms. The first-order chi connectivity index (χ1) is 15.1. The molecule has 0 bridgehead atoms. The van der Waals surface area contributed by atoms with Gasteiger partial charge in [0.05, 0.1) is 13.2 Å². The third kappa shape index (κ3) is 19.0. The molecule has 1 aromatic rings. The van der Waals surface area contributed by atoms with Gasteiger partial charge < -0.3 is 18.7 Å². The monoisotopic (exact) mass is 494 g/mol. The zero-order chi connectivity index (χ0) is 22.6. The summed E-state index contributed by atoms with van der Waals surface area (Å²) in [5, 5.41) is 0. The van der Waals surface area contributed by atoms with E-state index >= 15 is 0 Å². The van der Waals surface area contributed by atoms with Gasteiger partial charge in [-0.2, -0.15) is 0 Å². The van der Waals surface area contributed by atoms with Gasteiger partial charge in [0.15, 0.2) is 0 Å². The van der Waals surface area contributed by atoms with Crippen LogP contribution in [0.25, 0.3) is 0 Å². The normalized spacial score (nSPS) is 12.7. The summed E-state index contributed by atoms with van der Waals surface area (Å²) in [5.41, 5.74) is 0. The first-order valence-electron chi connectivity index (χ1n) is 12.5. The Labute approximate surface area is 239 Å². The van der Waals surface area contributed by atoms with E-state index in [1.807, 2.05) is 6.92 Å².